The number of carbonyl (C=O) groups excluding carboxylic acids is 1. The third kappa shape index (κ3) is 5.13. The number of hydrogen-bond donors (Lipinski definition) is 0. The van der Waals surface area contributed by atoms with Crippen LogP contribution in [0.25, 0.3) is 10.8 Å². The largest absolute Gasteiger partial charge is 0.493 e. The van der Waals surface area contributed by atoms with Crippen molar-refractivity contribution in [3.05, 3.63) is 84.4 Å². The zero-order valence-corrected chi connectivity index (χ0v) is 16.0. The van der Waals surface area contributed by atoms with Crippen LogP contribution < -0.4 is 9.47 Å². The van der Waals surface area contributed by atoms with Gasteiger partial charge in [-0.25, -0.2) is 4.79 Å². The van der Waals surface area contributed by atoms with E-state index in [4.69, 9.17) is 14.2 Å². The maximum atomic E-state index is 11.4. The molecule has 0 aliphatic heterocycles. The molecule has 4 nitrogen and oxygen atoms in total. The Morgan fingerprint density at radius 2 is 1.39 bits per heavy atom. The minimum atomic E-state index is -0.407. The van der Waals surface area contributed by atoms with Crippen molar-refractivity contribution in [2.45, 2.75) is 13.3 Å². The first-order chi connectivity index (χ1) is 13.6. The third-order valence-electron chi connectivity index (χ3n) is 4.26. The number of rotatable bonds is 9. The van der Waals surface area contributed by atoms with E-state index in [1.165, 1.54) is 5.56 Å². The second-order valence-corrected chi connectivity index (χ2v) is 6.46. The monoisotopic (exact) mass is 376 g/mol. The Morgan fingerprint density at radius 3 is 2.00 bits per heavy atom. The van der Waals surface area contributed by atoms with E-state index in [2.05, 4.69) is 18.7 Å². The van der Waals surface area contributed by atoms with E-state index in [0.717, 1.165) is 28.7 Å². The lowest BCUT2D eigenvalue weighted by atomic mass is 10.1. The van der Waals surface area contributed by atoms with Gasteiger partial charge in [-0.3, -0.25) is 0 Å². The van der Waals surface area contributed by atoms with Gasteiger partial charge in [-0.15, -0.1) is 0 Å². The summed E-state index contributed by atoms with van der Waals surface area (Å²) in [7, 11) is 0. The first-order valence-corrected chi connectivity index (χ1v) is 9.29. The Balaban J connectivity index is 1.63. The smallest absolute Gasteiger partial charge is 0.333 e. The summed E-state index contributed by atoms with van der Waals surface area (Å²) in [5, 5.41) is 1.96. The highest BCUT2D eigenvalue weighted by Crippen LogP contribution is 2.32. The van der Waals surface area contributed by atoms with Crippen LogP contribution in [0.3, 0.4) is 0 Å². The number of esters is 1. The molecule has 0 unspecified atom stereocenters. The molecule has 0 radical (unpaired) electrons. The van der Waals surface area contributed by atoms with Crippen LogP contribution in [0.5, 0.6) is 11.5 Å². The van der Waals surface area contributed by atoms with Crippen molar-refractivity contribution in [2.75, 3.05) is 19.8 Å². The number of carbonyl (C=O) groups is 1. The molecule has 0 aliphatic carbocycles. The Hall–Kier alpha value is -3.27. The van der Waals surface area contributed by atoms with Crippen LogP contribution in [-0.2, 0) is 16.0 Å². The molecule has 3 aromatic carbocycles. The quantitative estimate of drug-likeness (QED) is 0.301. The zero-order chi connectivity index (χ0) is 19.8. The molecular weight excluding hydrogens is 352 g/mol. The second kappa shape index (κ2) is 9.60. The summed E-state index contributed by atoms with van der Waals surface area (Å²) in [4.78, 5) is 11.4. The van der Waals surface area contributed by atoms with E-state index in [1.807, 2.05) is 54.6 Å². The molecule has 0 spiro atoms. The van der Waals surface area contributed by atoms with Gasteiger partial charge in [-0.1, -0.05) is 61.2 Å². The molecule has 0 N–H and O–H groups in total. The van der Waals surface area contributed by atoms with Crippen LogP contribution in [0.15, 0.2) is 78.9 Å². The van der Waals surface area contributed by atoms with Gasteiger partial charge in [0.1, 0.15) is 24.7 Å². The highest BCUT2D eigenvalue weighted by atomic mass is 16.6. The lowest BCUT2D eigenvalue weighted by Crippen LogP contribution is -2.12. The average molecular weight is 376 g/mol. The molecule has 0 aromatic heterocycles. The summed E-state index contributed by atoms with van der Waals surface area (Å²) >= 11 is 0. The van der Waals surface area contributed by atoms with Crippen molar-refractivity contribution in [3.63, 3.8) is 0 Å². The molecule has 28 heavy (non-hydrogen) atoms. The SMILES string of the molecule is C=C(C)C(=O)OCCOc1cccc2c(OCCc3ccccc3)cccc12. The number of fused-ring (bicyclic) bond motifs is 1. The lowest BCUT2D eigenvalue weighted by Gasteiger charge is -2.13. The van der Waals surface area contributed by atoms with Gasteiger partial charge in [0.05, 0.1) is 6.61 Å². The fourth-order valence-electron chi connectivity index (χ4n) is 2.84. The van der Waals surface area contributed by atoms with Gasteiger partial charge in [-0.05, 0) is 24.6 Å². The van der Waals surface area contributed by atoms with Crippen LogP contribution in [0.4, 0.5) is 0 Å². The molecule has 144 valence electrons. The Morgan fingerprint density at radius 1 is 0.786 bits per heavy atom. The van der Waals surface area contributed by atoms with Crippen LogP contribution in [0.2, 0.25) is 0 Å². The van der Waals surface area contributed by atoms with Crippen molar-refractivity contribution in [1.82, 2.24) is 0 Å². The maximum Gasteiger partial charge on any atom is 0.333 e. The van der Waals surface area contributed by atoms with E-state index in [9.17, 15) is 4.79 Å². The summed E-state index contributed by atoms with van der Waals surface area (Å²) in [5.41, 5.74) is 1.62. The van der Waals surface area contributed by atoms with E-state index in [1.54, 1.807) is 6.92 Å². The van der Waals surface area contributed by atoms with Crippen molar-refractivity contribution in [3.8, 4) is 11.5 Å². The zero-order valence-electron chi connectivity index (χ0n) is 16.0. The van der Waals surface area contributed by atoms with Gasteiger partial charge in [0.2, 0.25) is 0 Å². The summed E-state index contributed by atoms with van der Waals surface area (Å²) in [6.45, 7) is 6.23. The molecule has 0 atom stereocenters. The normalized spacial score (nSPS) is 10.5. The van der Waals surface area contributed by atoms with Gasteiger partial charge < -0.3 is 14.2 Å². The average Bonchev–Trinajstić information content (AvgIpc) is 2.72. The molecule has 4 heteroatoms. The fraction of sp³-hybridized carbons (Fsp3) is 0.208. The second-order valence-electron chi connectivity index (χ2n) is 6.46. The van der Waals surface area contributed by atoms with Crippen LogP contribution in [-0.4, -0.2) is 25.8 Å². The molecule has 0 fully saturated rings. The van der Waals surface area contributed by atoms with Gasteiger partial charge in [0.15, 0.2) is 0 Å². The van der Waals surface area contributed by atoms with E-state index < -0.39 is 5.97 Å². The van der Waals surface area contributed by atoms with Crippen LogP contribution in [0, 0.1) is 0 Å². The minimum absolute atomic E-state index is 0.176. The minimum Gasteiger partial charge on any atom is -0.493 e. The van der Waals surface area contributed by atoms with Gasteiger partial charge in [0, 0.05) is 22.8 Å². The standard InChI is InChI=1S/C24H24O4/c1-18(2)24(25)28-17-16-27-23-13-7-10-20-21(23)11-6-12-22(20)26-15-14-19-8-4-3-5-9-19/h3-13H,1,14-17H2,2H3. The third-order valence-corrected chi connectivity index (χ3v) is 4.26. The molecule has 0 amide bonds. The fourth-order valence-corrected chi connectivity index (χ4v) is 2.84. The molecule has 3 rings (SSSR count). The van der Waals surface area contributed by atoms with Crippen LogP contribution >= 0.6 is 0 Å². The molecule has 0 heterocycles. The van der Waals surface area contributed by atoms with Crippen molar-refractivity contribution in [1.29, 1.82) is 0 Å². The van der Waals surface area contributed by atoms with Crippen LogP contribution in [0.1, 0.15) is 12.5 Å². The van der Waals surface area contributed by atoms with E-state index >= 15 is 0 Å². The molecule has 0 saturated heterocycles. The predicted octanol–water partition coefficient (Wildman–Crippen LogP) is 4.96. The van der Waals surface area contributed by atoms with Gasteiger partial charge >= 0.3 is 5.97 Å². The Labute approximate surface area is 165 Å². The summed E-state index contributed by atoms with van der Waals surface area (Å²) < 4.78 is 16.9. The number of ether oxygens (including phenoxy) is 3. The summed E-state index contributed by atoms with van der Waals surface area (Å²) in [5.74, 6) is 1.15. The topological polar surface area (TPSA) is 44.8 Å². The number of hydrogen-bond acceptors (Lipinski definition) is 4. The summed E-state index contributed by atoms with van der Waals surface area (Å²) in [6.07, 6.45) is 0.849. The van der Waals surface area contributed by atoms with Crippen molar-refractivity contribution < 1.29 is 19.0 Å². The first-order valence-electron chi connectivity index (χ1n) is 9.29. The predicted molar refractivity (Wildman–Crippen MR) is 111 cm³/mol. The van der Waals surface area contributed by atoms with E-state index in [0.29, 0.717) is 12.2 Å². The Kier molecular flexibility index (Phi) is 6.68. The summed E-state index contributed by atoms with van der Waals surface area (Å²) in [6, 6.07) is 22.0. The molecule has 0 bridgehead atoms. The lowest BCUT2D eigenvalue weighted by molar-refractivity contribution is -0.139. The van der Waals surface area contributed by atoms with Gasteiger partial charge in [0.25, 0.3) is 0 Å². The van der Waals surface area contributed by atoms with Gasteiger partial charge in [-0.2, -0.15) is 0 Å². The number of benzene rings is 3. The molecular formula is C24H24O4. The highest BCUT2D eigenvalue weighted by Gasteiger charge is 2.08. The Bertz CT molecular complexity index is 947. The van der Waals surface area contributed by atoms with E-state index in [-0.39, 0.29) is 13.2 Å². The molecule has 0 saturated carbocycles. The first kappa shape index (κ1) is 19.5. The maximum absolute atomic E-state index is 11.4. The molecule has 3 aromatic rings. The molecule has 0 aliphatic rings. The highest BCUT2D eigenvalue weighted by molar-refractivity contribution is 5.93. The van der Waals surface area contributed by atoms with Crippen molar-refractivity contribution in [2.24, 2.45) is 0 Å². The van der Waals surface area contributed by atoms with Crippen molar-refractivity contribution >= 4 is 16.7 Å².